The molecule has 0 bridgehead atoms. The van der Waals surface area contributed by atoms with Crippen molar-refractivity contribution in [1.29, 1.82) is 0 Å². The zero-order valence-corrected chi connectivity index (χ0v) is 17.1. The van der Waals surface area contributed by atoms with Crippen LogP contribution in [0.3, 0.4) is 0 Å². The van der Waals surface area contributed by atoms with E-state index in [-0.39, 0.29) is 24.1 Å². The summed E-state index contributed by atoms with van der Waals surface area (Å²) in [7, 11) is 0. The molecule has 1 aliphatic heterocycles. The third-order valence-electron chi connectivity index (χ3n) is 5.38. The van der Waals surface area contributed by atoms with Gasteiger partial charge in [-0.05, 0) is 32.1 Å². The van der Waals surface area contributed by atoms with E-state index in [1.807, 2.05) is 4.90 Å². The van der Waals surface area contributed by atoms with Crippen LogP contribution in [0.4, 0.5) is 4.39 Å². The quantitative estimate of drug-likeness (QED) is 0.685. The van der Waals surface area contributed by atoms with Gasteiger partial charge < -0.3 is 19.8 Å². The predicted molar refractivity (Wildman–Crippen MR) is 109 cm³/mol. The number of hydrogen-bond donors (Lipinski definition) is 2. The van der Waals surface area contributed by atoms with Crippen LogP contribution >= 0.6 is 0 Å². The van der Waals surface area contributed by atoms with Gasteiger partial charge in [-0.1, -0.05) is 18.2 Å². The Hall–Kier alpha value is -2.58. The lowest BCUT2D eigenvalue weighted by Gasteiger charge is -2.32. The maximum Gasteiger partial charge on any atom is 0.316 e. The van der Waals surface area contributed by atoms with Crippen molar-refractivity contribution in [2.75, 3.05) is 19.7 Å². The molecule has 0 saturated carbocycles. The number of halogens is 1. The first-order valence-corrected chi connectivity index (χ1v) is 10.3. The first-order chi connectivity index (χ1) is 14.5. The monoisotopic (exact) mass is 417 g/mol. The number of nitrogens with zero attached hydrogens (tertiary/aromatic N) is 3. The molecule has 0 radical (unpaired) electrons. The fourth-order valence-corrected chi connectivity index (χ4v) is 3.49. The van der Waals surface area contributed by atoms with Crippen LogP contribution in [0.1, 0.15) is 38.2 Å². The van der Waals surface area contributed by atoms with Crippen molar-refractivity contribution >= 4 is 5.91 Å². The molecule has 1 atom stereocenters. The molecule has 3 rings (SSSR count). The third kappa shape index (κ3) is 5.73. The molecule has 30 heavy (non-hydrogen) atoms. The Morgan fingerprint density at radius 1 is 1.30 bits per heavy atom. The minimum absolute atomic E-state index is 0.0895. The number of ether oxygens (including phenoxy) is 1. The second kappa shape index (κ2) is 10.4. The molecule has 0 spiro atoms. The summed E-state index contributed by atoms with van der Waals surface area (Å²) in [5.74, 6) is -0.0773. The molecule has 2 aromatic rings. The molecule has 7 nitrogen and oxygen atoms in total. The van der Waals surface area contributed by atoms with Gasteiger partial charge in [-0.3, -0.25) is 4.79 Å². The highest BCUT2D eigenvalue weighted by atomic mass is 19.1. The molecular formula is C22H28FN3O4. The number of carbonyl (C=O) groups excluding carboxylic acids is 1. The van der Waals surface area contributed by atoms with Gasteiger partial charge in [0.15, 0.2) is 0 Å². The lowest BCUT2D eigenvalue weighted by atomic mass is 9.97. The van der Waals surface area contributed by atoms with Crippen LogP contribution in [0, 0.1) is 11.7 Å². The first kappa shape index (κ1) is 22.1. The Bertz CT molecular complexity index is 837. The Labute approximate surface area is 175 Å². The molecule has 1 amide bonds. The van der Waals surface area contributed by atoms with E-state index in [1.54, 1.807) is 19.1 Å². The van der Waals surface area contributed by atoms with Crippen LogP contribution in [0.5, 0.6) is 6.01 Å². The second-order valence-corrected chi connectivity index (χ2v) is 7.71. The smallest absolute Gasteiger partial charge is 0.316 e. The summed E-state index contributed by atoms with van der Waals surface area (Å²) in [5.41, 5.74) is 1.07. The molecule has 1 aliphatic rings. The van der Waals surface area contributed by atoms with Crippen LogP contribution in [-0.2, 0) is 11.4 Å². The molecule has 1 unspecified atom stereocenters. The molecular weight excluding hydrogens is 389 g/mol. The van der Waals surface area contributed by atoms with Gasteiger partial charge >= 0.3 is 6.01 Å². The van der Waals surface area contributed by atoms with Crippen molar-refractivity contribution in [3.63, 3.8) is 0 Å². The maximum atomic E-state index is 14.3. The minimum atomic E-state index is -0.480. The average Bonchev–Trinajstić information content (AvgIpc) is 2.77. The molecule has 1 aromatic heterocycles. The zero-order valence-electron chi connectivity index (χ0n) is 17.1. The molecule has 2 heterocycles. The fraction of sp³-hybridized carbons (Fsp3) is 0.500. The molecule has 1 saturated heterocycles. The van der Waals surface area contributed by atoms with Crippen LogP contribution in [0.15, 0.2) is 30.6 Å². The molecule has 162 valence electrons. The van der Waals surface area contributed by atoms with E-state index in [0.717, 1.165) is 12.8 Å². The fourth-order valence-electron chi connectivity index (χ4n) is 3.49. The molecule has 2 N–H and O–H groups in total. The van der Waals surface area contributed by atoms with Gasteiger partial charge in [-0.25, -0.2) is 14.4 Å². The number of piperidine rings is 1. The molecule has 1 fully saturated rings. The van der Waals surface area contributed by atoms with Crippen LogP contribution in [0.2, 0.25) is 0 Å². The lowest BCUT2D eigenvalue weighted by Crippen LogP contribution is -2.39. The molecule has 0 aliphatic carbocycles. The first-order valence-electron chi connectivity index (χ1n) is 10.3. The van der Waals surface area contributed by atoms with Crippen LogP contribution in [0.25, 0.3) is 11.1 Å². The van der Waals surface area contributed by atoms with E-state index in [2.05, 4.69) is 9.97 Å². The predicted octanol–water partition coefficient (Wildman–Crippen LogP) is 2.55. The van der Waals surface area contributed by atoms with Gasteiger partial charge in [0.1, 0.15) is 5.82 Å². The van der Waals surface area contributed by atoms with Crippen molar-refractivity contribution < 1.29 is 24.1 Å². The van der Waals surface area contributed by atoms with E-state index in [1.165, 1.54) is 18.5 Å². The lowest BCUT2D eigenvalue weighted by molar-refractivity contribution is -0.133. The second-order valence-electron chi connectivity index (χ2n) is 7.71. The number of aliphatic hydroxyl groups is 2. The van der Waals surface area contributed by atoms with Gasteiger partial charge in [0.2, 0.25) is 5.91 Å². The molecule has 8 heteroatoms. The highest BCUT2D eigenvalue weighted by Crippen LogP contribution is 2.25. The van der Waals surface area contributed by atoms with E-state index in [0.29, 0.717) is 49.6 Å². The highest BCUT2D eigenvalue weighted by molar-refractivity contribution is 5.76. The minimum Gasteiger partial charge on any atom is -0.463 e. The summed E-state index contributed by atoms with van der Waals surface area (Å²) in [6, 6.07) is 5.05. The summed E-state index contributed by atoms with van der Waals surface area (Å²) < 4.78 is 20.0. The van der Waals surface area contributed by atoms with E-state index < -0.39 is 11.9 Å². The number of rotatable bonds is 8. The van der Waals surface area contributed by atoms with Crippen molar-refractivity contribution in [3.05, 3.63) is 42.0 Å². The van der Waals surface area contributed by atoms with Gasteiger partial charge in [0.05, 0.1) is 19.3 Å². The SMILES string of the molecule is CC(O)CCC(=O)N1CCC(COc2ncc(-c3cccc(CO)c3F)cn2)CC1. The van der Waals surface area contributed by atoms with Gasteiger partial charge in [0, 0.05) is 48.6 Å². The number of benzene rings is 1. The Morgan fingerprint density at radius 3 is 2.63 bits per heavy atom. The number of aliphatic hydroxyl groups excluding tert-OH is 2. The third-order valence-corrected chi connectivity index (χ3v) is 5.38. The van der Waals surface area contributed by atoms with Crippen molar-refractivity contribution in [3.8, 4) is 17.1 Å². The summed E-state index contributed by atoms with van der Waals surface area (Å²) in [6.07, 6.45) is 5.11. The summed E-state index contributed by atoms with van der Waals surface area (Å²) in [4.78, 5) is 22.3. The number of aromatic nitrogens is 2. The van der Waals surface area contributed by atoms with E-state index >= 15 is 0 Å². The molecule has 1 aromatic carbocycles. The maximum absolute atomic E-state index is 14.3. The van der Waals surface area contributed by atoms with Crippen molar-refractivity contribution in [2.24, 2.45) is 5.92 Å². The summed E-state index contributed by atoms with van der Waals surface area (Å²) in [5, 5.41) is 18.5. The summed E-state index contributed by atoms with van der Waals surface area (Å²) in [6.45, 7) is 3.16. The zero-order chi connectivity index (χ0) is 21.5. The number of amides is 1. The standard InChI is InChI=1S/C22H28FN3O4/c1-15(28)5-6-20(29)26-9-7-16(8-10-26)14-30-22-24-11-18(12-25-22)19-4-2-3-17(13-27)21(19)23/h2-4,11-12,15-16,27-28H,5-10,13-14H2,1H3. The average molecular weight is 417 g/mol. The summed E-state index contributed by atoms with van der Waals surface area (Å²) >= 11 is 0. The van der Waals surface area contributed by atoms with Crippen molar-refractivity contribution in [1.82, 2.24) is 14.9 Å². The largest absolute Gasteiger partial charge is 0.463 e. The number of hydrogen-bond acceptors (Lipinski definition) is 6. The number of carbonyl (C=O) groups is 1. The highest BCUT2D eigenvalue weighted by Gasteiger charge is 2.23. The van der Waals surface area contributed by atoms with E-state index in [4.69, 9.17) is 4.74 Å². The Morgan fingerprint density at radius 2 is 2.00 bits per heavy atom. The van der Waals surface area contributed by atoms with Gasteiger partial charge in [0.25, 0.3) is 0 Å². The Balaban J connectivity index is 1.48. The topological polar surface area (TPSA) is 95.8 Å². The van der Waals surface area contributed by atoms with Gasteiger partial charge in [-0.15, -0.1) is 0 Å². The van der Waals surface area contributed by atoms with Crippen molar-refractivity contribution in [2.45, 2.75) is 45.3 Å². The Kier molecular flexibility index (Phi) is 7.70. The normalized spacial score (nSPS) is 15.8. The van der Waals surface area contributed by atoms with Crippen LogP contribution < -0.4 is 4.74 Å². The van der Waals surface area contributed by atoms with Crippen LogP contribution in [-0.4, -0.2) is 56.8 Å². The van der Waals surface area contributed by atoms with E-state index in [9.17, 15) is 19.4 Å². The number of likely N-dealkylation sites (tertiary alicyclic amines) is 1. The van der Waals surface area contributed by atoms with Gasteiger partial charge in [-0.2, -0.15) is 0 Å².